The highest BCUT2D eigenvalue weighted by molar-refractivity contribution is 9.28. The van der Waals surface area contributed by atoms with Gasteiger partial charge in [0.1, 0.15) is 0 Å². The van der Waals surface area contributed by atoms with Crippen molar-refractivity contribution in [3.05, 3.63) is 32.4 Å². The molecule has 0 N–H and O–H groups in total. The molecule has 0 radical (unpaired) electrons. The van der Waals surface area contributed by atoms with Gasteiger partial charge >= 0.3 is 0 Å². The van der Waals surface area contributed by atoms with E-state index >= 15 is 0 Å². The van der Waals surface area contributed by atoms with E-state index in [4.69, 9.17) is 11.6 Å². The Balaban J connectivity index is 2.91. The number of halogens is 3. The lowest BCUT2D eigenvalue weighted by molar-refractivity contribution is 1.30. The third-order valence-electron chi connectivity index (χ3n) is 1.01. The molecule has 1 aromatic rings. The third-order valence-corrected chi connectivity index (χ3v) is 1.69. The minimum atomic E-state index is 0.646. The summed E-state index contributed by atoms with van der Waals surface area (Å²) in [4.78, 5) is 4.05. The molecule has 1 heterocycles. The van der Waals surface area contributed by atoms with Crippen LogP contribution in [0.3, 0.4) is 0 Å². The molecule has 0 saturated heterocycles. The molecule has 1 nitrogen and oxygen atoms in total. The Kier molecular flexibility index (Phi) is 3.55. The van der Waals surface area contributed by atoms with Gasteiger partial charge in [0, 0.05) is 6.20 Å². The summed E-state index contributed by atoms with van der Waals surface area (Å²) in [7, 11) is 0. The second-order valence-corrected chi connectivity index (χ2v) is 5.04. The van der Waals surface area contributed by atoms with Crippen LogP contribution < -0.4 is 0 Å². The molecule has 1 aromatic heterocycles. The molecule has 4 heteroatoms. The van der Waals surface area contributed by atoms with Crippen LogP contribution in [0.15, 0.2) is 21.7 Å². The Morgan fingerprint density at radius 3 is 2.64 bits per heavy atom. The minimum absolute atomic E-state index is 0.646. The molecule has 0 aromatic carbocycles. The van der Waals surface area contributed by atoms with Crippen molar-refractivity contribution in [2.45, 2.75) is 0 Å². The highest BCUT2D eigenvalue weighted by Gasteiger charge is 1.90. The van der Waals surface area contributed by atoms with Gasteiger partial charge in [-0.1, -0.05) is 11.6 Å². The number of nitrogens with zero attached hydrogens (tertiary/aromatic N) is 1. The maximum atomic E-state index is 5.64. The molecule has 0 saturated carbocycles. The Labute approximate surface area is 86.7 Å². The lowest BCUT2D eigenvalue weighted by atomic mass is 10.3. The lowest BCUT2D eigenvalue weighted by Gasteiger charge is -1.91. The molecule has 58 valence electrons. The zero-order valence-electron chi connectivity index (χ0n) is 5.39. The molecule has 1 rings (SSSR count). The van der Waals surface area contributed by atoms with E-state index < -0.39 is 0 Å². The van der Waals surface area contributed by atoms with Crippen LogP contribution in [0.25, 0.3) is 6.08 Å². The van der Waals surface area contributed by atoms with E-state index in [9.17, 15) is 0 Å². The van der Waals surface area contributed by atoms with Crippen molar-refractivity contribution in [2.75, 3.05) is 0 Å². The number of hydrogen-bond acceptors (Lipinski definition) is 1. The molecule has 0 unspecified atom stereocenters. The summed E-state index contributed by atoms with van der Waals surface area (Å²) >= 11 is 12.1. The summed E-state index contributed by atoms with van der Waals surface area (Å²) in [5, 5.41) is 0.646. The molecule has 0 aliphatic carbocycles. The maximum Gasteiger partial charge on any atom is 0.0647 e. The fourth-order valence-electron chi connectivity index (χ4n) is 0.584. The standard InChI is InChI=1S/C7H4Br2ClN/c8-7(9)3-6-2-1-5(10)4-11-6/h1-4H. The number of aromatic nitrogens is 1. The van der Waals surface area contributed by atoms with Crippen LogP contribution in [0, 0.1) is 0 Å². The molecule has 0 spiro atoms. The summed E-state index contributed by atoms with van der Waals surface area (Å²) in [6.45, 7) is 0. The van der Waals surface area contributed by atoms with Crippen molar-refractivity contribution in [1.29, 1.82) is 0 Å². The fourth-order valence-corrected chi connectivity index (χ4v) is 1.17. The van der Waals surface area contributed by atoms with Crippen molar-refractivity contribution >= 4 is 49.5 Å². The van der Waals surface area contributed by atoms with Crippen LogP contribution in [0.4, 0.5) is 0 Å². The Morgan fingerprint density at radius 1 is 1.45 bits per heavy atom. The Bertz CT molecular complexity index is 264. The first-order valence-electron chi connectivity index (χ1n) is 2.83. The average molecular weight is 297 g/mol. The maximum absolute atomic E-state index is 5.64. The van der Waals surface area contributed by atoms with Gasteiger partial charge < -0.3 is 0 Å². The predicted octanol–water partition coefficient (Wildman–Crippen LogP) is 3.82. The second-order valence-electron chi connectivity index (χ2n) is 1.84. The van der Waals surface area contributed by atoms with Crippen molar-refractivity contribution in [3.63, 3.8) is 0 Å². The first kappa shape index (κ1) is 9.23. The largest absolute Gasteiger partial charge is 0.255 e. The van der Waals surface area contributed by atoms with Gasteiger partial charge in [0.15, 0.2) is 0 Å². The molecule has 0 aliphatic heterocycles. The van der Waals surface area contributed by atoms with Crippen LogP contribution in [-0.4, -0.2) is 4.98 Å². The monoisotopic (exact) mass is 295 g/mol. The molecule has 0 aliphatic rings. The molecule has 0 amide bonds. The summed E-state index contributed by atoms with van der Waals surface area (Å²) < 4.78 is 0.861. The SMILES string of the molecule is Clc1ccc(C=C(Br)Br)nc1. The zero-order valence-corrected chi connectivity index (χ0v) is 9.32. The van der Waals surface area contributed by atoms with E-state index in [2.05, 4.69) is 36.8 Å². The average Bonchev–Trinajstić information content (AvgIpc) is 1.93. The minimum Gasteiger partial charge on any atom is -0.255 e. The van der Waals surface area contributed by atoms with E-state index in [1.54, 1.807) is 12.3 Å². The third kappa shape index (κ3) is 3.36. The Morgan fingerprint density at radius 2 is 2.18 bits per heavy atom. The summed E-state index contributed by atoms with van der Waals surface area (Å²) in [6.07, 6.45) is 3.45. The first-order chi connectivity index (χ1) is 5.18. The molecule has 0 fully saturated rings. The van der Waals surface area contributed by atoms with Crippen molar-refractivity contribution in [2.24, 2.45) is 0 Å². The highest BCUT2D eigenvalue weighted by Crippen LogP contribution is 2.17. The van der Waals surface area contributed by atoms with Crippen LogP contribution >= 0.6 is 43.5 Å². The number of rotatable bonds is 1. The predicted molar refractivity (Wildman–Crippen MR) is 55.1 cm³/mol. The van der Waals surface area contributed by atoms with Crippen LogP contribution in [0.2, 0.25) is 5.02 Å². The van der Waals surface area contributed by atoms with Crippen LogP contribution in [-0.2, 0) is 0 Å². The van der Waals surface area contributed by atoms with Gasteiger partial charge in [0.2, 0.25) is 0 Å². The van der Waals surface area contributed by atoms with Crippen LogP contribution in [0.1, 0.15) is 5.69 Å². The lowest BCUT2D eigenvalue weighted by Crippen LogP contribution is -1.77. The fraction of sp³-hybridized carbons (Fsp3) is 0. The van der Waals surface area contributed by atoms with Gasteiger partial charge in [-0.2, -0.15) is 0 Å². The van der Waals surface area contributed by atoms with E-state index in [1.807, 2.05) is 12.1 Å². The molecule has 0 bridgehead atoms. The second kappa shape index (κ2) is 4.24. The van der Waals surface area contributed by atoms with Gasteiger partial charge in [0.25, 0.3) is 0 Å². The van der Waals surface area contributed by atoms with E-state index in [0.29, 0.717) is 5.02 Å². The molecular formula is C7H4Br2ClN. The summed E-state index contributed by atoms with van der Waals surface area (Å²) in [6, 6.07) is 3.63. The van der Waals surface area contributed by atoms with E-state index in [0.717, 1.165) is 9.09 Å². The molecule has 11 heavy (non-hydrogen) atoms. The highest BCUT2D eigenvalue weighted by atomic mass is 79.9. The van der Waals surface area contributed by atoms with Gasteiger partial charge in [-0.25, -0.2) is 0 Å². The zero-order chi connectivity index (χ0) is 8.27. The number of hydrogen-bond donors (Lipinski definition) is 0. The summed E-state index contributed by atoms with van der Waals surface area (Å²) in [5.41, 5.74) is 0.859. The van der Waals surface area contributed by atoms with Crippen molar-refractivity contribution < 1.29 is 0 Å². The normalized spacial score (nSPS) is 9.36. The first-order valence-corrected chi connectivity index (χ1v) is 4.79. The summed E-state index contributed by atoms with van der Waals surface area (Å²) in [5.74, 6) is 0. The Hall–Kier alpha value is 0.140. The van der Waals surface area contributed by atoms with Crippen LogP contribution in [0.5, 0.6) is 0 Å². The van der Waals surface area contributed by atoms with Gasteiger partial charge in [-0.05, 0) is 50.1 Å². The van der Waals surface area contributed by atoms with E-state index in [1.165, 1.54) is 0 Å². The van der Waals surface area contributed by atoms with Gasteiger partial charge in [-0.15, -0.1) is 0 Å². The van der Waals surface area contributed by atoms with Crippen molar-refractivity contribution in [3.8, 4) is 0 Å². The molecule has 0 atom stereocenters. The quantitative estimate of drug-likeness (QED) is 0.768. The van der Waals surface area contributed by atoms with Crippen molar-refractivity contribution in [1.82, 2.24) is 4.98 Å². The van der Waals surface area contributed by atoms with Gasteiger partial charge in [0.05, 0.1) is 14.1 Å². The topological polar surface area (TPSA) is 12.9 Å². The smallest absolute Gasteiger partial charge is 0.0647 e. The number of pyridine rings is 1. The van der Waals surface area contributed by atoms with E-state index in [-0.39, 0.29) is 0 Å². The van der Waals surface area contributed by atoms with Gasteiger partial charge in [-0.3, -0.25) is 4.98 Å². The molecular weight excluding hydrogens is 293 g/mol.